The second kappa shape index (κ2) is 5.16. The number of nitrogens with zero attached hydrogens (tertiary/aromatic N) is 2. The fourth-order valence-corrected chi connectivity index (χ4v) is 2.87. The highest BCUT2D eigenvalue weighted by molar-refractivity contribution is 5.13. The van der Waals surface area contributed by atoms with Crippen LogP contribution >= 0.6 is 0 Å². The fraction of sp³-hybridized carbons (Fsp3) is 0.750. The molecule has 5 heteroatoms. The van der Waals surface area contributed by atoms with Crippen molar-refractivity contribution in [3.8, 4) is 0 Å². The largest absolute Gasteiger partial charge is 0.373 e. The van der Waals surface area contributed by atoms with Gasteiger partial charge in [0.05, 0.1) is 17.3 Å². The number of hydrazine groups is 1. The highest BCUT2D eigenvalue weighted by Gasteiger charge is 2.43. The Balaban J connectivity index is 2.26. The van der Waals surface area contributed by atoms with Crippen molar-refractivity contribution >= 4 is 0 Å². The van der Waals surface area contributed by atoms with Gasteiger partial charge < -0.3 is 4.74 Å². The second-order valence-electron chi connectivity index (χ2n) is 4.72. The Hall–Kier alpha value is -0.910. The first-order chi connectivity index (χ1) is 8.22. The highest BCUT2D eigenvalue weighted by Crippen LogP contribution is 2.42. The molecule has 17 heavy (non-hydrogen) atoms. The third-order valence-corrected chi connectivity index (χ3v) is 3.60. The van der Waals surface area contributed by atoms with Crippen LogP contribution in [0.1, 0.15) is 44.3 Å². The molecule has 96 valence electrons. The zero-order chi connectivity index (χ0) is 12.3. The normalized spacial score (nSPS) is 20.6. The van der Waals surface area contributed by atoms with Crippen molar-refractivity contribution in [3.63, 3.8) is 0 Å². The number of hydrogen-bond donors (Lipinski definition) is 2. The Bertz CT molecular complexity index is 357. The minimum absolute atomic E-state index is 0.0221. The summed E-state index contributed by atoms with van der Waals surface area (Å²) in [4.78, 5) is 0. The van der Waals surface area contributed by atoms with Gasteiger partial charge >= 0.3 is 0 Å². The molecule has 1 aliphatic rings. The molecule has 1 aliphatic carbocycles. The maximum Gasteiger partial charge on any atom is 0.0939 e. The molecule has 1 heterocycles. The van der Waals surface area contributed by atoms with Crippen molar-refractivity contribution in [2.75, 3.05) is 6.61 Å². The Labute approximate surface area is 102 Å². The van der Waals surface area contributed by atoms with E-state index in [4.69, 9.17) is 10.6 Å². The van der Waals surface area contributed by atoms with Gasteiger partial charge in [-0.15, -0.1) is 0 Å². The number of nitrogens with one attached hydrogen (secondary N) is 1. The van der Waals surface area contributed by atoms with Crippen LogP contribution in [0.2, 0.25) is 0 Å². The van der Waals surface area contributed by atoms with Crippen LogP contribution in [-0.4, -0.2) is 22.0 Å². The van der Waals surface area contributed by atoms with Gasteiger partial charge in [0.25, 0.3) is 0 Å². The van der Waals surface area contributed by atoms with Gasteiger partial charge in [0.2, 0.25) is 0 Å². The molecule has 1 fully saturated rings. The van der Waals surface area contributed by atoms with Crippen LogP contribution in [0.25, 0.3) is 0 Å². The minimum atomic E-state index is -0.183. The smallest absolute Gasteiger partial charge is 0.0939 e. The van der Waals surface area contributed by atoms with Crippen LogP contribution in [0, 0.1) is 0 Å². The molecule has 0 radical (unpaired) electrons. The number of aromatic nitrogens is 2. The predicted molar refractivity (Wildman–Crippen MR) is 66.1 cm³/mol. The van der Waals surface area contributed by atoms with E-state index in [2.05, 4.69) is 10.5 Å². The summed E-state index contributed by atoms with van der Waals surface area (Å²) in [5.41, 5.74) is 3.68. The standard InChI is InChI=1S/C12H22N4O/c1-3-17-12(7-4-5-8-12)11(14-13)10-6-9-16(2)15-10/h6,9,11,14H,3-5,7-8,13H2,1-2H3. The lowest BCUT2D eigenvalue weighted by Crippen LogP contribution is -2.47. The number of aryl methyl sites for hydroxylation is 1. The van der Waals surface area contributed by atoms with E-state index in [1.165, 1.54) is 12.8 Å². The lowest BCUT2D eigenvalue weighted by atomic mass is 9.90. The summed E-state index contributed by atoms with van der Waals surface area (Å²) in [5, 5.41) is 4.45. The molecule has 1 unspecified atom stereocenters. The van der Waals surface area contributed by atoms with Crippen molar-refractivity contribution in [1.29, 1.82) is 0 Å². The van der Waals surface area contributed by atoms with Crippen LogP contribution in [0.3, 0.4) is 0 Å². The van der Waals surface area contributed by atoms with Gasteiger partial charge in [-0.05, 0) is 25.8 Å². The Morgan fingerprint density at radius 1 is 1.59 bits per heavy atom. The molecule has 0 aliphatic heterocycles. The lowest BCUT2D eigenvalue weighted by Gasteiger charge is -2.36. The number of rotatable bonds is 5. The van der Waals surface area contributed by atoms with Crippen molar-refractivity contribution in [1.82, 2.24) is 15.2 Å². The van der Waals surface area contributed by atoms with Crippen LogP contribution in [0.15, 0.2) is 12.3 Å². The van der Waals surface area contributed by atoms with E-state index in [9.17, 15) is 0 Å². The maximum absolute atomic E-state index is 6.02. The van der Waals surface area contributed by atoms with Gasteiger partial charge in [-0.1, -0.05) is 12.8 Å². The van der Waals surface area contributed by atoms with E-state index >= 15 is 0 Å². The van der Waals surface area contributed by atoms with E-state index in [1.54, 1.807) is 4.68 Å². The van der Waals surface area contributed by atoms with E-state index in [0.29, 0.717) is 6.61 Å². The molecular weight excluding hydrogens is 216 g/mol. The first-order valence-corrected chi connectivity index (χ1v) is 6.31. The van der Waals surface area contributed by atoms with E-state index in [0.717, 1.165) is 18.5 Å². The summed E-state index contributed by atoms with van der Waals surface area (Å²) in [7, 11) is 1.92. The number of hydrogen-bond acceptors (Lipinski definition) is 4. The van der Waals surface area contributed by atoms with Crippen LogP contribution < -0.4 is 11.3 Å². The molecular formula is C12H22N4O. The van der Waals surface area contributed by atoms with Crippen LogP contribution in [0.4, 0.5) is 0 Å². The van der Waals surface area contributed by atoms with Crippen molar-refractivity contribution < 1.29 is 4.74 Å². The fourth-order valence-electron chi connectivity index (χ4n) is 2.87. The average Bonchev–Trinajstić information content (AvgIpc) is 2.91. The van der Waals surface area contributed by atoms with Crippen molar-refractivity contribution in [2.24, 2.45) is 12.9 Å². The Morgan fingerprint density at radius 3 is 2.76 bits per heavy atom. The molecule has 5 nitrogen and oxygen atoms in total. The summed E-state index contributed by atoms with van der Waals surface area (Å²) < 4.78 is 7.82. The highest BCUT2D eigenvalue weighted by atomic mass is 16.5. The molecule has 1 aromatic heterocycles. The van der Waals surface area contributed by atoms with E-state index in [1.807, 2.05) is 26.2 Å². The molecule has 1 atom stereocenters. The number of nitrogens with two attached hydrogens (primary N) is 1. The van der Waals surface area contributed by atoms with Gasteiger partial charge in [-0.2, -0.15) is 5.10 Å². The Kier molecular flexibility index (Phi) is 3.81. The van der Waals surface area contributed by atoms with Crippen molar-refractivity contribution in [2.45, 2.75) is 44.2 Å². The molecule has 1 aromatic rings. The monoisotopic (exact) mass is 238 g/mol. The summed E-state index contributed by atoms with van der Waals surface area (Å²) in [6.45, 7) is 2.75. The first kappa shape index (κ1) is 12.5. The van der Waals surface area contributed by atoms with E-state index < -0.39 is 0 Å². The summed E-state index contributed by atoms with van der Waals surface area (Å²) in [5.74, 6) is 5.73. The van der Waals surface area contributed by atoms with Gasteiger partial charge in [-0.3, -0.25) is 10.5 Å². The van der Waals surface area contributed by atoms with E-state index in [-0.39, 0.29) is 11.6 Å². The molecule has 1 saturated carbocycles. The third kappa shape index (κ3) is 2.36. The lowest BCUT2D eigenvalue weighted by molar-refractivity contribution is -0.0637. The summed E-state index contributed by atoms with van der Waals surface area (Å²) >= 11 is 0. The zero-order valence-corrected chi connectivity index (χ0v) is 10.6. The number of ether oxygens (including phenoxy) is 1. The minimum Gasteiger partial charge on any atom is -0.373 e. The average molecular weight is 238 g/mol. The molecule has 0 aromatic carbocycles. The quantitative estimate of drug-likeness (QED) is 0.599. The Morgan fingerprint density at radius 2 is 2.29 bits per heavy atom. The third-order valence-electron chi connectivity index (χ3n) is 3.60. The topological polar surface area (TPSA) is 65.1 Å². The maximum atomic E-state index is 6.02. The van der Waals surface area contributed by atoms with Gasteiger partial charge in [0.1, 0.15) is 0 Å². The molecule has 0 amide bonds. The summed E-state index contributed by atoms with van der Waals surface area (Å²) in [6, 6.07) is 1.98. The second-order valence-corrected chi connectivity index (χ2v) is 4.72. The van der Waals surface area contributed by atoms with Gasteiger partial charge in [0.15, 0.2) is 0 Å². The molecule has 0 saturated heterocycles. The SMILES string of the molecule is CCOC1(C(NN)c2ccn(C)n2)CCCC1. The first-order valence-electron chi connectivity index (χ1n) is 6.31. The van der Waals surface area contributed by atoms with Gasteiger partial charge in [0, 0.05) is 19.9 Å². The molecule has 2 rings (SSSR count). The molecule has 0 spiro atoms. The van der Waals surface area contributed by atoms with Gasteiger partial charge in [-0.25, -0.2) is 5.43 Å². The van der Waals surface area contributed by atoms with Crippen LogP contribution in [0.5, 0.6) is 0 Å². The molecule has 3 N–H and O–H groups in total. The zero-order valence-electron chi connectivity index (χ0n) is 10.6. The van der Waals surface area contributed by atoms with Crippen molar-refractivity contribution in [3.05, 3.63) is 18.0 Å². The predicted octanol–water partition coefficient (Wildman–Crippen LogP) is 1.27. The molecule has 0 bridgehead atoms. The summed E-state index contributed by atoms with van der Waals surface area (Å²) in [6.07, 6.45) is 6.43. The van der Waals surface area contributed by atoms with Crippen LogP contribution in [-0.2, 0) is 11.8 Å².